The molecule has 36 heavy (non-hydrogen) atoms. The molecule has 0 aliphatic rings. The number of nitrogens with one attached hydrogen (secondary N) is 1. The minimum absolute atomic E-state index is 0.0604. The highest BCUT2D eigenvalue weighted by molar-refractivity contribution is 5.77. The first-order valence-electron chi connectivity index (χ1n) is 14.5. The third-order valence-corrected chi connectivity index (χ3v) is 6.56. The van der Waals surface area contributed by atoms with Gasteiger partial charge in [-0.2, -0.15) is 0 Å². The number of nitrogens with zero attached hydrogens (tertiary/aromatic N) is 3. The van der Waals surface area contributed by atoms with Crippen LogP contribution >= 0.6 is 0 Å². The number of carbonyl (C=O) groups is 2. The van der Waals surface area contributed by atoms with Gasteiger partial charge >= 0.3 is 5.97 Å². The molecule has 0 aromatic rings. The Morgan fingerprint density at radius 2 is 1.08 bits per heavy atom. The van der Waals surface area contributed by atoms with Crippen LogP contribution in [0.2, 0.25) is 0 Å². The summed E-state index contributed by atoms with van der Waals surface area (Å²) in [5, 5.41) is 11.8. The van der Waals surface area contributed by atoms with E-state index in [1.54, 1.807) is 4.90 Å². The van der Waals surface area contributed by atoms with Gasteiger partial charge in [0, 0.05) is 32.7 Å². The lowest BCUT2D eigenvalue weighted by atomic mass is 10.1. The van der Waals surface area contributed by atoms with Gasteiger partial charge in [0.15, 0.2) is 0 Å². The van der Waals surface area contributed by atoms with Crippen LogP contribution in [0.3, 0.4) is 0 Å². The molecule has 1 amide bonds. The summed E-state index contributed by atoms with van der Waals surface area (Å²) in [4.78, 5) is 28.8. The fraction of sp³-hybridized carbons (Fsp3) is 0.862. The van der Waals surface area contributed by atoms with E-state index in [1.807, 2.05) is 26.0 Å². The second-order valence-electron chi connectivity index (χ2n) is 10.5. The number of carboxylic acid groups (broad SMARTS) is 1. The molecule has 0 aliphatic carbocycles. The molecular weight excluding hydrogens is 452 g/mol. The number of hydrogen-bond acceptors (Lipinski definition) is 5. The van der Waals surface area contributed by atoms with Crippen LogP contribution in [0, 0.1) is 0 Å². The summed E-state index contributed by atoms with van der Waals surface area (Å²) in [7, 11) is 5.81. The topological polar surface area (TPSA) is 76.1 Å². The highest BCUT2D eigenvalue weighted by atomic mass is 16.4. The number of carboxylic acids is 1. The van der Waals surface area contributed by atoms with Crippen molar-refractivity contribution in [3.05, 3.63) is 12.2 Å². The SMILES string of the molecule is CCCCCCCC/C=C\CCCCCCCCNC(=O)CN(C)CCN(C)CCN(C)CC(=O)O. The van der Waals surface area contributed by atoms with E-state index >= 15 is 0 Å². The third-order valence-electron chi connectivity index (χ3n) is 6.56. The molecule has 0 heterocycles. The Morgan fingerprint density at radius 1 is 0.639 bits per heavy atom. The van der Waals surface area contributed by atoms with E-state index in [1.165, 1.54) is 83.5 Å². The fourth-order valence-corrected chi connectivity index (χ4v) is 4.09. The molecule has 0 aromatic heterocycles. The van der Waals surface area contributed by atoms with Gasteiger partial charge in [0.2, 0.25) is 5.91 Å². The molecule has 0 unspecified atom stereocenters. The van der Waals surface area contributed by atoms with Crippen LogP contribution in [-0.2, 0) is 9.59 Å². The Balaban J connectivity index is 3.49. The molecule has 2 N–H and O–H groups in total. The van der Waals surface area contributed by atoms with Gasteiger partial charge in [-0.15, -0.1) is 0 Å². The third kappa shape index (κ3) is 25.6. The van der Waals surface area contributed by atoms with Gasteiger partial charge < -0.3 is 15.3 Å². The van der Waals surface area contributed by atoms with E-state index < -0.39 is 5.97 Å². The lowest BCUT2D eigenvalue weighted by Crippen LogP contribution is -2.40. The van der Waals surface area contributed by atoms with Crippen molar-refractivity contribution in [1.82, 2.24) is 20.0 Å². The minimum Gasteiger partial charge on any atom is -0.480 e. The Hall–Kier alpha value is -1.44. The summed E-state index contributed by atoms with van der Waals surface area (Å²) in [6.07, 6.45) is 22.9. The summed E-state index contributed by atoms with van der Waals surface area (Å²) in [6.45, 7) is 6.68. The lowest BCUT2D eigenvalue weighted by Gasteiger charge is -2.23. The Kier molecular flexibility index (Phi) is 24.2. The molecule has 0 aromatic carbocycles. The summed E-state index contributed by atoms with van der Waals surface area (Å²) < 4.78 is 0. The molecule has 0 spiro atoms. The number of likely N-dealkylation sites (N-methyl/N-ethyl adjacent to an activating group) is 3. The monoisotopic (exact) mass is 510 g/mol. The normalized spacial score (nSPS) is 11.9. The van der Waals surface area contributed by atoms with Gasteiger partial charge in [-0.1, -0.05) is 76.9 Å². The van der Waals surface area contributed by atoms with Crippen LogP contribution in [0.15, 0.2) is 12.2 Å². The Bertz CT molecular complexity index is 557. The summed E-state index contributed by atoms with van der Waals surface area (Å²) in [5.74, 6) is -0.711. The zero-order valence-corrected chi connectivity index (χ0v) is 24.1. The average molecular weight is 511 g/mol. The van der Waals surface area contributed by atoms with Crippen LogP contribution in [-0.4, -0.2) is 98.6 Å². The predicted octanol–water partition coefficient (Wildman–Crippen LogP) is 5.02. The van der Waals surface area contributed by atoms with E-state index in [9.17, 15) is 9.59 Å². The molecule has 212 valence electrons. The smallest absolute Gasteiger partial charge is 0.317 e. The van der Waals surface area contributed by atoms with Gasteiger partial charge in [-0.25, -0.2) is 0 Å². The zero-order chi connectivity index (χ0) is 26.9. The molecule has 0 radical (unpaired) electrons. The van der Waals surface area contributed by atoms with Crippen molar-refractivity contribution in [3.63, 3.8) is 0 Å². The number of hydrogen-bond donors (Lipinski definition) is 2. The van der Waals surface area contributed by atoms with E-state index in [0.717, 1.165) is 32.6 Å². The van der Waals surface area contributed by atoms with Crippen molar-refractivity contribution in [2.24, 2.45) is 0 Å². The van der Waals surface area contributed by atoms with Gasteiger partial charge in [0.25, 0.3) is 0 Å². The Labute approximate surface area is 222 Å². The molecule has 0 fully saturated rings. The number of unbranched alkanes of at least 4 members (excludes halogenated alkanes) is 12. The van der Waals surface area contributed by atoms with Gasteiger partial charge in [-0.05, 0) is 53.2 Å². The highest BCUT2D eigenvalue weighted by Crippen LogP contribution is 2.09. The van der Waals surface area contributed by atoms with Gasteiger partial charge in [0.05, 0.1) is 13.1 Å². The predicted molar refractivity (Wildman–Crippen MR) is 153 cm³/mol. The van der Waals surface area contributed by atoms with Crippen LogP contribution in [0.5, 0.6) is 0 Å². The number of amides is 1. The largest absolute Gasteiger partial charge is 0.480 e. The van der Waals surface area contributed by atoms with E-state index in [4.69, 9.17) is 5.11 Å². The Morgan fingerprint density at radius 3 is 1.61 bits per heavy atom. The maximum absolute atomic E-state index is 12.1. The number of allylic oxidation sites excluding steroid dienone is 2. The molecule has 7 heteroatoms. The summed E-state index contributed by atoms with van der Waals surface area (Å²) >= 11 is 0. The van der Waals surface area contributed by atoms with Crippen molar-refractivity contribution in [2.45, 2.75) is 96.8 Å². The molecule has 0 aliphatic heterocycles. The van der Waals surface area contributed by atoms with Crippen LogP contribution in [0.1, 0.15) is 96.8 Å². The average Bonchev–Trinajstić information content (AvgIpc) is 2.83. The molecule has 7 nitrogen and oxygen atoms in total. The van der Waals surface area contributed by atoms with E-state index in [2.05, 4.69) is 29.3 Å². The van der Waals surface area contributed by atoms with E-state index in [-0.39, 0.29) is 12.5 Å². The summed E-state index contributed by atoms with van der Waals surface area (Å²) in [5.41, 5.74) is 0. The highest BCUT2D eigenvalue weighted by Gasteiger charge is 2.09. The maximum Gasteiger partial charge on any atom is 0.317 e. The van der Waals surface area contributed by atoms with Crippen molar-refractivity contribution in [2.75, 3.05) is 67.0 Å². The number of aliphatic carboxylic acids is 1. The second-order valence-corrected chi connectivity index (χ2v) is 10.5. The maximum atomic E-state index is 12.1. The van der Waals surface area contributed by atoms with Crippen LogP contribution in [0.4, 0.5) is 0 Å². The molecule has 0 bridgehead atoms. The fourth-order valence-electron chi connectivity index (χ4n) is 4.09. The zero-order valence-electron chi connectivity index (χ0n) is 24.1. The summed E-state index contributed by atoms with van der Waals surface area (Å²) in [6, 6.07) is 0. The quantitative estimate of drug-likeness (QED) is 0.126. The van der Waals surface area contributed by atoms with Crippen molar-refractivity contribution in [1.29, 1.82) is 0 Å². The lowest BCUT2D eigenvalue weighted by molar-refractivity contribution is -0.138. The number of rotatable bonds is 26. The first kappa shape index (κ1) is 34.6. The van der Waals surface area contributed by atoms with Gasteiger partial charge in [0.1, 0.15) is 0 Å². The second kappa shape index (κ2) is 25.2. The molecule has 0 saturated heterocycles. The first-order chi connectivity index (χ1) is 17.3. The van der Waals surface area contributed by atoms with Gasteiger partial charge in [-0.3, -0.25) is 19.4 Å². The van der Waals surface area contributed by atoms with Crippen molar-refractivity contribution in [3.8, 4) is 0 Å². The van der Waals surface area contributed by atoms with Crippen molar-refractivity contribution >= 4 is 11.9 Å². The van der Waals surface area contributed by atoms with Crippen molar-refractivity contribution < 1.29 is 14.7 Å². The number of carbonyl (C=O) groups excluding carboxylic acids is 1. The van der Waals surface area contributed by atoms with E-state index in [0.29, 0.717) is 13.1 Å². The van der Waals surface area contributed by atoms with Crippen LogP contribution in [0.25, 0.3) is 0 Å². The first-order valence-corrected chi connectivity index (χ1v) is 14.5. The molecule has 0 atom stereocenters. The molecule has 0 rings (SSSR count). The molecular formula is C29H58N4O3. The molecule has 0 saturated carbocycles. The standard InChI is InChI=1S/C29H58N4O3/c1-5-6-7-8-9-10-11-12-13-14-15-16-17-18-19-20-21-30-28(34)26-32(3)24-22-31(2)23-25-33(4)27-29(35)36/h12-13H,5-11,14-27H2,1-4H3,(H,30,34)(H,35,36)/b13-12-. The van der Waals surface area contributed by atoms with Crippen LogP contribution < -0.4 is 5.32 Å². The minimum atomic E-state index is -0.803.